The van der Waals surface area contributed by atoms with Crippen molar-refractivity contribution in [3.05, 3.63) is 59.9 Å². The van der Waals surface area contributed by atoms with Crippen LogP contribution in [-0.2, 0) is 5.41 Å². The summed E-state index contributed by atoms with van der Waals surface area (Å²) >= 11 is 0. The normalized spacial score (nSPS) is 11.5. The highest BCUT2D eigenvalue weighted by Gasteiger charge is 2.13. The van der Waals surface area contributed by atoms with E-state index >= 15 is 0 Å². The van der Waals surface area contributed by atoms with E-state index in [1.807, 2.05) is 18.2 Å². The van der Waals surface area contributed by atoms with E-state index in [1.54, 1.807) is 12.1 Å². The SMILES string of the molecule is CC(C)(C)c1ccc(-c2ccccc2F)cc1. The lowest BCUT2D eigenvalue weighted by atomic mass is 9.86. The van der Waals surface area contributed by atoms with E-state index in [2.05, 4.69) is 32.9 Å². The van der Waals surface area contributed by atoms with Crippen molar-refractivity contribution >= 4 is 0 Å². The van der Waals surface area contributed by atoms with Gasteiger partial charge in [-0.2, -0.15) is 0 Å². The van der Waals surface area contributed by atoms with E-state index in [0.717, 1.165) is 5.56 Å². The van der Waals surface area contributed by atoms with Gasteiger partial charge in [0, 0.05) is 5.56 Å². The van der Waals surface area contributed by atoms with Gasteiger partial charge in [0.15, 0.2) is 0 Å². The molecule has 0 amide bonds. The number of hydrogen-bond acceptors (Lipinski definition) is 0. The second-order valence-electron chi connectivity index (χ2n) is 5.31. The standard InChI is InChI=1S/C16H17F/c1-16(2,3)13-10-8-12(9-11-13)14-6-4-5-7-15(14)17/h4-11H,1-3H3. The first-order valence-corrected chi connectivity index (χ1v) is 5.84. The summed E-state index contributed by atoms with van der Waals surface area (Å²) in [6.07, 6.45) is 0. The molecule has 0 nitrogen and oxygen atoms in total. The quantitative estimate of drug-likeness (QED) is 0.658. The molecular weight excluding hydrogens is 211 g/mol. The van der Waals surface area contributed by atoms with Crippen molar-refractivity contribution in [3.63, 3.8) is 0 Å². The maximum Gasteiger partial charge on any atom is 0.131 e. The molecule has 0 atom stereocenters. The average Bonchev–Trinajstić information content (AvgIpc) is 2.29. The topological polar surface area (TPSA) is 0 Å². The van der Waals surface area contributed by atoms with Gasteiger partial charge in [-0.3, -0.25) is 0 Å². The van der Waals surface area contributed by atoms with E-state index in [9.17, 15) is 4.39 Å². The summed E-state index contributed by atoms with van der Waals surface area (Å²) in [6.45, 7) is 6.52. The molecule has 0 fully saturated rings. The van der Waals surface area contributed by atoms with Gasteiger partial charge < -0.3 is 0 Å². The van der Waals surface area contributed by atoms with Crippen LogP contribution in [0.15, 0.2) is 48.5 Å². The fourth-order valence-electron chi connectivity index (χ4n) is 1.85. The van der Waals surface area contributed by atoms with Crippen LogP contribution in [0.4, 0.5) is 4.39 Å². The first kappa shape index (κ1) is 11.8. The van der Waals surface area contributed by atoms with E-state index in [4.69, 9.17) is 0 Å². The summed E-state index contributed by atoms with van der Waals surface area (Å²) in [5.74, 6) is -0.170. The zero-order valence-corrected chi connectivity index (χ0v) is 10.5. The third-order valence-electron chi connectivity index (χ3n) is 2.94. The van der Waals surface area contributed by atoms with Crippen LogP contribution in [0.3, 0.4) is 0 Å². The van der Waals surface area contributed by atoms with Gasteiger partial charge in [0.05, 0.1) is 0 Å². The Hall–Kier alpha value is -1.63. The molecule has 0 heterocycles. The smallest absolute Gasteiger partial charge is 0.131 e. The Kier molecular flexibility index (Phi) is 3.01. The summed E-state index contributed by atoms with van der Waals surface area (Å²) in [5.41, 5.74) is 2.98. The third-order valence-corrected chi connectivity index (χ3v) is 2.94. The van der Waals surface area contributed by atoms with Crippen molar-refractivity contribution in [1.29, 1.82) is 0 Å². The highest BCUT2D eigenvalue weighted by molar-refractivity contribution is 5.64. The minimum absolute atomic E-state index is 0.133. The van der Waals surface area contributed by atoms with Crippen LogP contribution in [0.2, 0.25) is 0 Å². The first-order chi connectivity index (χ1) is 7.98. The molecule has 2 aromatic carbocycles. The van der Waals surface area contributed by atoms with E-state index in [1.165, 1.54) is 11.6 Å². The summed E-state index contributed by atoms with van der Waals surface area (Å²) < 4.78 is 13.6. The molecule has 0 unspecified atom stereocenters. The lowest BCUT2D eigenvalue weighted by Gasteiger charge is -2.19. The molecule has 0 spiro atoms. The summed E-state index contributed by atoms with van der Waals surface area (Å²) in [7, 11) is 0. The van der Waals surface area contributed by atoms with Crippen molar-refractivity contribution in [2.45, 2.75) is 26.2 Å². The van der Waals surface area contributed by atoms with Crippen molar-refractivity contribution < 1.29 is 4.39 Å². The molecular formula is C16H17F. The predicted molar refractivity (Wildman–Crippen MR) is 70.5 cm³/mol. The predicted octanol–water partition coefficient (Wildman–Crippen LogP) is 4.79. The fraction of sp³-hybridized carbons (Fsp3) is 0.250. The molecule has 0 aromatic heterocycles. The molecule has 0 saturated carbocycles. The Labute approximate surface area is 102 Å². The van der Waals surface area contributed by atoms with E-state index in [0.29, 0.717) is 5.56 Å². The monoisotopic (exact) mass is 228 g/mol. The molecule has 0 aliphatic heterocycles. The third kappa shape index (κ3) is 2.55. The van der Waals surface area contributed by atoms with Crippen LogP contribution in [0, 0.1) is 5.82 Å². The maximum absolute atomic E-state index is 13.6. The van der Waals surface area contributed by atoms with Gasteiger partial charge in [-0.15, -0.1) is 0 Å². The number of halogens is 1. The second-order valence-corrected chi connectivity index (χ2v) is 5.31. The van der Waals surface area contributed by atoms with Crippen LogP contribution < -0.4 is 0 Å². The van der Waals surface area contributed by atoms with Crippen LogP contribution in [0.5, 0.6) is 0 Å². The number of hydrogen-bond donors (Lipinski definition) is 0. The molecule has 17 heavy (non-hydrogen) atoms. The Balaban J connectivity index is 2.40. The lowest BCUT2D eigenvalue weighted by molar-refractivity contribution is 0.590. The Morgan fingerprint density at radius 3 is 1.94 bits per heavy atom. The van der Waals surface area contributed by atoms with Gasteiger partial charge in [-0.1, -0.05) is 63.2 Å². The van der Waals surface area contributed by atoms with Gasteiger partial charge in [0.1, 0.15) is 5.82 Å². The lowest BCUT2D eigenvalue weighted by Crippen LogP contribution is -2.10. The summed E-state index contributed by atoms with van der Waals surface area (Å²) in [4.78, 5) is 0. The van der Waals surface area contributed by atoms with E-state index < -0.39 is 0 Å². The van der Waals surface area contributed by atoms with Crippen molar-refractivity contribution in [2.75, 3.05) is 0 Å². The minimum Gasteiger partial charge on any atom is -0.206 e. The molecule has 88 valence electrons. The van der Waals surface area contributed by atoms with Crippen molar-refractivity contribution in [1.82, 2.24) is 0 Å². The summed E-state index contributed by atoms with van der Waals surface area (Å²) in [6, 6.07) is 15.0. The molecule has 2 aromatic rings. The van der Waals surface area contributed by atoms with Crippen LogP contribution >= 0.6 is 0 Å². The molecule has 2 rings (SSSR count). The molecule has 0 aliphatic carbocycles. The minimum atomic E-state index is -0.170. The molecule has 0 bridgehead atoms. The van der Waals surface area contributed by atoms with Gasteiger partial charge in [-0.05, 0) is 22.6 Å². The molecule has 0 aliphatic rings. The zero-order valence-electron chi connectivity index (χ0n) is 10.5. The van der Waals surface area contributed by atoms with Gasteiger partial charge in [0.25, 0.3) is 0 Å². The van der Waals surface area contributed by atoms with Gasteiger partial charge in [0.2, 0.25) is 0 Å². The molecule has 1 heteroatoms. The van der Waals surface area contributed by atoms with Crippen LogP contribution in [0.25, 0.3) is 11.1 Å². The first-order valence-electron chi connectivity index (χ1n) is 5.84. The molecule has 0 saturated heterocycles. The Bertz CT molecular complexity index is 504. The largest absolute Gasteiger partial charge is 0.206 e. The summed E-state index contributed by atoms with van der Waals surface area (Å²) in [5, 5.41) is 0. The highest BCUT2D eigenvalue weighted by atomic mass is 19.1. The molecule has 0 N–H and O–H groups in total. The van der Waals surface area contributed by atoms with Crippen molar-refractivity contribution in [3.8, 4) is 11.1 Å². The van der Waals surface area contributed by atoms with Gasteiger partial charge in [-0.25, -0.2) is 4.39 Å². The van der Waals surface area contributed by atoms with Crippen molar-refractivity contribution in [2.24, 2.45) is 0 Å². The van der Waals surface area contributed by atoms with Crippen LogP contribution in [0.1, 0.15) is 26.3 Å². The zero-order chi connectivity index (χ0) is 12.5. The van der Waals surface area contributed by atoms with Crippen LogP contribution in [-0.4, -0.2) is 0 Å². The highest BCUT2D eigenvalue weighted by Crippen LogP contribution is 2.27. The average molecular weight is 228 g/mol. The number of rotatable bonds is 1. The Morgan fingerprint density at radius 1 is 0.824 bits per heavy atom. The Morgan fingerprint density at radius 2 is 1.41 bits per heavy atom. The maximum atomic E-state index is 13.6. The molecule has 0 radical (unpaired) electrons. The van der Waals surface area contributed by atoms with Gasteiger partial charge >= 0.3 is 0 Å². The second kappa shape index (κ2) is 4.33. The fourth-order valence-corrected chi connectivity index (χ4v) is 1.85. The van der Waals surface area contributed by atoms with E-state index in [-0.39, 0.29) is 11.2 Å². The number of benzene rings is 2.